The fourth-order valence-electron chi connectivity index (χ4n) is 3.68. The van der Waals surface area contributed by atoms with E-state index in [1.807, 2.05) is 0 Å². The largest absolute Gasteiger partial charge is 0.0799 e. The van der Waals surface area contributed by atoms with Crippen molar-refractivity contribution in [1.82, 2.24) is 0 Å². The molecule has 0 radical (unpaired) electrons. The van der Waals surface area contributed by atoms with E-state index in [0.717, 1.165) is 17.8 Å². The van der Waals surface area contributed by atoms with Crippen LogP contribution in [0.5, 0.6) is 0 Å². The van der Waals surface area contributed by atoms with E-state index in [1.165, 1.54) is 31.2 Å². The van der Waals surface area contributed by atoms with Gasteiger partial charge in [0, 0.05) is 0 Å². The SMILES string of the molecule is CCCC1CCC2c3ccccc3C=CC12. The summed E-state index contributed by atoms with van der Waals surface area (Å²) in [5, 5.41) is 0. The lowest BCUT2D eigenvalue weighted by Gasteiger charge is -2.27. The second kappa shape index (κ2) is 4.08. The Labute approximate surface area is 98.4 Å². The number of benzene rings is 1. The minimum Gasteiger partial charge on any atom is -0.0799 e. The number of fused-ring (bicyclic) bond motifs is 3. The lowest BCUT2D eigenvalue weighted by atomic mass is 9.78. The minimum atomic E-state index is 0.817. The summed E-state index contributed by atoms with van der Waals surface area (Å²) >= 11 is 0. The van der Waals surface area contributed by atoms with E-state index in [0.29, 0.717) is 0 Å². The Hall–Kier alpha value is -1.04. The van der Waals surface area contributed by atoms with E-state index in [9.17, 15) is 0 Å². The van der Waals surface area contributed by atoms with Crippen LogP contribution in [0.15, 0.2) is 30.3 Å². The minimum absolute atomic E-state index is 0.817. The van der Waals surface area contributed by atoms with Gasteiger partial charge >= 0.3 is 0 Å². The molecule has 1 aromatic rings. The van der Waals surface area contributed by atoms with Gasteiger partial charge in [-0.1, -0.05) is 56.2 Å². The van der Waals surface area contributed by atoms with E-state index in [2.05, 4.69) is 43.3 Å². The summed E-state index contributed by atoms with van der Waals surface area (Å²) in [5.41, 5.74) is 3.06. The summed E-state index contributed by atoms with van der Waals surface area (Å²) in [4.78, 5) is 0. The zero-order valence-corrected chi connectivity index (χ0v) is 10.0. The highest BCUT2D eigenvalue weighted by molar-refractivity contribution is 5.58. The van der Waals surface area contributed by atoms with Crippen LogP contribution in [0.25, 0.3) is 6.08 Å². The Morgan fingerprint density at radius 3 is 2.94 bits per heavy atom. The normalized spacial score (nSPS) is 31.2. The second-order valence-corrected chi connectivity index (χ2v) is 5.30. The number of allylic oxidation sites excluding steroid dienone is 1. The molecule has 0 bridgehead atoms. The first kappa shape index (κ1) is 10.1. The van der Waals surface area contributed by atoms with Crippen LogP contribution < -0.4 is 0 Å². The van der Waals surface area contributed by atoms with Crippen molar-refractivity contribution in [3.8, 4) is 0 Å². The fourth-order valence-corrected chi connectivity index (χ4v) is 3.68. The summed E-state index contributed by atoms with van der Waals surface area (Å²) in [6.45, 7) is 2.31. The van der Waals surface area contributed by atoms with Crippen molar-refractivity contribution in [3.63, 3.8) is 0 Å². The summed E-state index contributed by atoms with van der Waals surface area (Å²) in [6, 6.07) is 8.95. The molecule has 0 aromatic heterocycles. The summed E-state index contributed by atoms with van der Waals surface area (Å²) in [7, 11) is 0. The Morgan fingerprint density at radius 1 is 1.19 bits per heavy atom. The third kappa shape index (κ3) is 1.52. The van der Waals surface area contributed by atoms with E-state index in [-0.39, 0.29) is 0 Å². The van der Waals surface area contributed by atoms with E-state index in [4.69, 9.17) is 0 Å². The molecule has 84 valence electrons. The zero-order chi connectivity index (χ0) is 11.0. The van der Waals surface area contributed by atoms with Crippen molar-refractivity contribution in [2.75, 3.05) is 0 Å². The van der Waals surface area contributed by atoms with Crippen LogP contribution in [0.2, 0.25) is 0 Å². The highest BCUT2D eigenvalue weighted by Crippen LogP contribution is 2.49. The van der Waals surface area contributed by atoms with Gasteiger partial charge in [-0.2, -0.15) is 0 Å². The van der Waals surface area contributed by atoms with Gasteiger partial charge in [0.15, 0.2) is 0 Å². The molecule has 1 aromatic carbocycles. The van der Waals surface area contributed by atoms with Gasteiger partial charge in [0.1, 0.15) is 0 Å². The van der Waals surface area contributed by atoms with Gasteiger partial charge in [-0.15, -0.1) is 0 Å². The Bertz CT molecular complexity index is 402. The molecule has 0 saturated heterocycles. The van der Waals surface area contributed by atoms with Crippen molar-refractivity contribution in [2.45, 2.75) is 38.5 Å². The average molecular weight is 212 g/mol. The van der Waals surface area contributed by atoms with Crippen LogP contribution in [0, 0.1) is 11.8 Å². The van der Waals surface area contributed by atoms with Crippen LogP contribution in [-0.2, 0) is 0 Å². The first-order valence-electron chi connectivity index (χ1n) is 6.67. The Balaban J connectivity index is 1.92. The van der Waals surface area contributed by atoms with Gasteiger partial charge < -0.3 is 0 Å². The van der Waals surface area contributed by atoms with Crippen molar-refractivity contribution in [2.24, 2.45) is 11.8 Å². The third-order valence-electron chi connectivity index (χ3n) is 4.41. The summed E-state index contributed by atoms with van der Waals surface area (Å²) in [6.07, 6.45) is 10.4. The lowest BCUT2D eigenvalue weighted by Crippen LogP contribution is -2.15. The van der Waals surface area contributed by atoms with Crippen LogP contribution >= 0.6 is 0 Å². The predicted octanol–water partition coefficient (Wildman–Crippen LogP) is 4.62. The number of hydrogen-bond donors (Lipinski definition) is 0. The molecule has 0 nitrogen and oxygen atoms in total. The molecule has 0 heterocycles. The van der Waals surface area contributed by atoms with E-state index in [1.54, 1.807) is 5.56 Å². The zero-order valence-electron chi connectivity index (χ0n) is 10.0. The molecule has 0 heteroatoms. The molecule has 1 saturated carbocycles. The highest BCUT2D eigenvalue weighted by atomic mass is 14.4. The predicted molar refractivity (Wildman–Crippen MR) is 69.3 cm³/mol. The molecular weight excluding hydrogens is 192 g/mol. The Kier molecular flexibility index (Phi) is 2.59. The van der Waals surface area contributed by atoms with E-state index < -0.39 is 0 Å². The molecule has 3 atom stereocenters. The van der Waals surface area contributed by atoms with Crippen molar-refractivity contribution < 1.29 is 0 Å². The van der Waals surface area contributed by atoms with Gasteiger partial charge in [0.05, 0.1) is 0 Å². The van der Waals surface area contributed by atoms with Gasteiger partial charge in [0.25, 0.3) is 0 Å². The average Bonchev–Trinajstić information content (AvgIpc) is 2.73. The molecule has 2 aliphatic carbocycles. The third-order valence-corrected chi connectivity index (χ3v) is 4.41. The molecular formula is C16H20. The maximum Gasteiger partial charge on any atom is -0.00902 e. The monoisotopic (exact) mass is 212 g/mol. The van der Waals surface area contributed by atoms with E-state index >= 15 is 0 Å². The molecule has 3 rings (SSSR count). The molecule has 1 fully saturated rings. The van der Waals surface area contributed by atoms with Crippen molar-refractivity contribution >= 4 is 6.08 Å². The summed E-state index contributed by atoms with van der Waals surface area (Å²) < 4.78 is 0. The quantitative estimate of drug-likeness (QED) is 0.671. The summed E-state index contributed by atoms with van der Waals surface area (Å²) in [5.74, 6) is 2.59. The van der Waals surface area contributed by atoms with Crippen LogP contribution in [0.3, 0.4) is 0 Å². The maximum atomic E-state index is 2.49. The molecule has 0 amide bonds. The first-order chi connectivity index (χ1) is 7.90. The molecule has 16 heavy (non-hydrogen) atoms. The van der Waals surface area contributed by atoms with Crippen LogP contribution in [0.4, 0.5) is 0 Å². The molecule has 0 N–H and O–H groups in total. The maximum absolute atomic E-state index is 2.49. The highest BCUT2D eigenvalue weighted by Gasteiger charge is 2.36. The van der Waals surface area contributed by atoms with Gasteiger partial charge in [-0.3, -0.25) is 0 Å². The van der Waals surface area contributed by atoms with Gasteiger partial charge in [-0.05, 0) is 41.7 Å². The van der Waals surface area contributed by atoms with Crippen molar-refractivity contribution in [3.05, 3.63) is 41.5 Å². The topological polar surface area (TPSA) is 0 Å². The standard InChI is InChI=1S/C16H20/c1-2-5-12-9-11-16-14-7-4-3-6-13(14)8-10-15(12)16/h3-4,6-8,10,12,15-16H,2,5,9,11H2,1H3. The molecule has 0 aliphatic heterocycles. The van der Waals surface area contributed by atoms with Crippen LogP contribution in [0.1, 0.15) is 49.7 Å². The first-order valence-corrected chi connectivity index (χ1v) is 6.67. The molecule has 2 aliphatic rings. The van der Waals surface area contributed by atoms with Crippen LogP contribution in [-0.4, -0.2) is 0 Å². The fraction of sp³-hybridized carbons (Fsp3) is 0.500. The van der Waals surface area contributed by atoms with Gasteiger partial charge in [0.2, 0.25) is 0 Å². The van der Waals surface area contributed by atoms with Gasteiger partial charge in [-0.25, -0.2) is 0 Å². The number of hydrogen-bond acceptors (Lipinski definition) is 0. The second-order valence-electron chi connectivity index (χ2n) is 5.30. The molecule has 0 spiro atoms. The van der Waals surface area contributed by atoms with Crippen molar-refractivity contribution in [1.29, 1.82) is 0 Å². The Morgan fingerprint density at radius 2 is 2.06 bits per heavy atom. The lowest BCUT2D eigenvalue weighted by molar-refractivity contribution is 0.402. The number of rotatable bonds is 2. The molecule has 3 unspecified atom stereocenters. The smallest absolute Gasteiger partial charge is 0.00902 e.